The molecule has 4 aromatic heterocycles. The summed E-state index contributed by atoms with van der Waals surface area (Å²) in [6, 6.07) is 26.9. The lowest BCUT2D eigenvalue weighted by molar-refractivity contribution is -0.138. The molecule has 252 valence electrons. The van der Waals surface area contributed by atoms with Gasteiger partial charge in [-0.1, -0.05) is 36.4 Å². The summed E-state index contributed by atoms with van der Waals surface area (Å²) in [5.74, 6) is 0. The third-order valence-electron chi connectivity index (χ3n) is 9.91. The minimum absolute atomic E-state index is 0.351. The van der Waals surface area contributed by atoms with Crippen LogP contribution in [0.1, 0.15) is 11.1 Å². The average Bonchev–Trinajstić information content (AvgIpc) is 3.71. The Hall–Kier alpha value is -6.56. The Balaban J connectivity index is 1.19. The molecule has 10 rings (SSSR count). The molecular formula is C40H18F6N4O2. The van der Waals surface area contributed by atoms with E-state index in [2.05, 4.69) is 0 Å². The van der Waals surface area contributed by atoms with Crippen LogP contribution in [0.5, 0.6) is 0 Å². The van der Waals surface area contributed by atoms with E-state index in [4.69, 9.17) is 9.97 Å². The average molecular weight is 701 g/mol. The van der Waals surface area contributed by atoms with Gasteiger partial charge in [-0.2, -0.15) is 26.3 Å². The van der Waals surface area contributed by atoms with E-state index in [-0.39, 0.29) is 11.1 Å². The molecule has 0 aliphatic carbocycles. The Labute approximate surface area is 286 Å². The third-order valence-corrected chi connectivity index (χ3v) is 9.91. The van der Waals surface area contributed by atoms with Crippen molar-refractivity contribution >= 4 is 65.7 Å². The fourth-order valence-electron chi connectivity index (χ4n) is 7.45. The second kappa shape index (κ2) is 10.0. The summed E-state index contributed by atoms with van der Waals surface area (Å²) in [5, 5.41) is 3.08. The number of imidazole rings is 2. The van der Waals surface area contributed by atoms with Gasteiger partial charge in [0.2, 0.25) is 0 Å². The van der Waals surface area contributed by atoms with E-state index in [1.807, 2.05) is 0 Å². The molecule has 4 heterocycles. The molecule has 10 aromatic rings. The van der Waals surface area contributed by atoms with Gasteiger partial charge in [-0.3, -0.25) is 18.4 Å². The Morgan fingerprint density at radius 3 is 1.13 bits per heavy atom. The van der Waals surface area contributed by atoms with Gasteiger partial charge in [0.15, 0.2) is 0 Å². The van der Waals surface area contributed by atoms with Crippen LogP contribution in [0.4, 0.5) is 26.3 Å². The van der Waals surface area contributed by atoms with E-state index < -0.39 is 23.5 Å². The highest BCUT2D eigenvalue weighted by molar-refractivity contribution is 6.27. The van der Waals surface area contributed by atoms with Gasteiger partial charge in [-0.25, -0.2) is 9.97 Å². The van der Waals surface area contributed by atoms with E-state index in [1.165, 1.54) is 33.1 Å². The van der Waals surface area contributed by atoms with Crippen LogP contribution in [0.3, 0.4) is 0 Å². The van der Waals surface area contributed by atoms with Crippen molar-refractivity contribution < 1.29 is 26.3 Å². The number of rotatable bonds is 2. The normalized spacial score (nSPS) is 13.0. The lowest BCUT2D eigenvalue weighted by atomic mass is 9.96. The third kappa shape index (κ3) is 4.14. The number of nitrogens with zero attached hydrogens (tertiary/aromatic N) is 4. The molecule has 0 bridgehead atoms. The molecule has 0 aliphatic rings. The predicted octanol–water partition coefficient (Wildman–Crippen LogP) is 9.72. The SMILES string of the molecule is O=c1c2ccc3c4c(ccc(c24)c2nc4ccc(-c5ccc(C(F)(F)F)cc5)cc4n12)c(=O)n1c2cc(-c4ccc(C(F)(F)F)cc4)ccc2nc31. The zero-order chi connectivity index (χ0) is 35.8. The zero-order valence-electron chi connectivity index (χ0n) is 26.3. The van der Waals surface area contributed by atoms with Crippen molar-refractivity contribution in [1.29, 1.82) is 0 Å². The highest BCUT2D eigenvalue weighted by atomic mass is 19.4. The van der Waals surface area contributed by atoms with Crippen molar-refractivity contribution in [3.63, 3.8) is 0 Å². The van der Waals surface area contributed by atoms with Crippen LogP contribution in [0, 0.1) is 0 Å². The predicted molar refractivity (Wildman–Crippen MR) is 187 cm³/mol. The first-order valence-corrected chi connectivity index (χ1v) is 16.0. The van der Waals surface area contributed by atoms with Crippen LogP contribution < -0.4 is 11.1 Å². The summed E-state index contributed by atoms with van der Waals surface area (Å²) in [6.07, 6.45) is -8.93. The summed E-state index contributed by atoms with van der Waals surface area (Å²) in [4.78, 5) is 38.1. The molecule has 0 saturated carbocycles. The smallest absolute Gasteiger partial charge is 0.268 e. The fraction of sp³-hybridized carbons (Fsp3) is 0.0500. The standard InChI is InChI=1S/C40H18F6N4O2/c41-39(42,43)23-7-1-19(2-8-23)21-5-15-29-31(17-21)49-35(47-29)25-11-14-28-34-26(12-13-27(33(25)34)37(49)51)36-48-30-16-6-22(18-32(30)50(36)38(28)52)20-3-9-24(10-4-20)40(44,45)46/h1-18H. The van der Waals surface area contributed by atoms with Crippen LogP contribution >= 0.6 is 0 Å². The molecule has 0 fully saturated rings. The van der Waals surface area contributed by atoms with Gasteiger partial charge in [0.25, 0.3) is 11.1 Å². The Kier molecular flexibility index (Phi) is 5.84. The van der Waals surface area contributed by atoms with Crippen LogP contribution in [0.2, 0.25) is 0 Å². The number of hydrogen-bond acceptors (Lipinski definition) is 4. The molecule has 0 aliphatic heterocycles. The van der Waals surface area contributed by atoms with Crippen LogP contribution in [-0.2, 0) is 12.4 Å². The number of pyridine rings is 2. The van der Waals surface area contributed by atoms with Crippen molar-refractivity contribution in [2.75, 3.05) is 0 Å². The minimum Gasteiger partial charge on any atom is -0.268 e. The van der Waals surface area contributed by atoms with Gasteiger partial charge in [0.1, 0.15) is 11.3 Å². The van der Waals surface area contributed by atoms with Crippen molar-refractivity contribution in [2.45, 2.75) is 12.4 Å². The van der Waals surface area contributed by atoms with Crippen molar-refractivity contribution in [2.24, 2.45) is 0 Å². The van der Waals surface area contributed by atoms with Crippen molar-refractivity contribution in [3.05, 3.63) is 141 Å². The van der Waals surface area contributed by atoms with Crippen LogP contribution in [-0.4, -0.2) is 18.8 Å². The first-order chi connectivity index (χ1) is 24.9. The lowest BCUT2D eigenvalue weighted by Gasteiger charge is -2.12. The summed E-state index contributed by atoms with van der Waals surface area (Å²) in [7, 11) is 0. The summed E-state index contributed by atoms with van der Waals surface area (Å²) < 4.78 is 82.0. The molecule has 0 radical (unpaired) electrons. The van der Waals surface area contributed by atoms with E-state index in [9.17, 15) is 35.9 Å². The molecule has 52 heavy (non-hydrogen) atoms. The largest absolute Gasteiger partial charge is 0.416 e. The molecule has 0 atom stereocenters. The van der Waals surface area contributed by atoms with E-state index in [0.717, 1.165) is 24.3 Å². The molecule has 0 spiro atoms. The molecule has 0 amide bonds. The quantitative estimate of drug-likeness (QED) is 0.133. The molecule has 0 unspecified atom stereocenters. The lowest BCUT2D eigenvalue weighted by Crippen LogP contribution is -2.16. The Bertz CT molecular complexity index is 3020. The summed E-state index contributed by atoms with van der Waals surface area (Å²) in [5.41, 5.74) is 2.77. The van der Waals surface area contributed by atoms with Gasteiger partial charge in [0, 0.05) is 32.3 Å². The van der Waals surface area contributed by atoms with Gasteiger partial charge >= 0.3 is 12.4 Å². The van der Waals surface area contributed by atoms with Gasteiger partial charge in [-0.15, -0.1) is 0 Å². The number of fused-ring (bicyclic) bond motifs is 8. The molecule has 6 nitrogen and oxygen atoms in total. The monoisotopic (exact) mass is 700 g/mol. The second-order valence-electron chi connectivity index (χ2n) is 12.8. The van der Waals surface area contributed by atoms with E-state index in [0.29, 0.717) is 87.9 Å². The molecule has 12 heteroatoms. The maximum absolute atomic E-state index is 14.2. The van der Waals surface area contributed by atoms with E-state index >= 15 is 0 Å². The second-order valence-corrected chi connectivity index (χ2v) is 12.8. The maximum Gasteiger partial charge on any atom is 0.416 e. The van der Waals surface area contributed by atoms with E-state index in [1.54, 1.807) is 60.7 Å². The van der Waals surface area contributed by atoms with Crippen molar-refractivity contribution in [3.8, 4) is 22.3 Å². The van der Waals surface area contributed by atoms with Crippen molar-refractivity contribution in [1.82, 2.24) is 18.8 Å². The van der Waals surface area contributed by atoms with Gasteiger partial charge in [0.05, 0.1) is 33.2 Å². The zero-order valence-corrected chi connectivity index (χ0v) is 26.3. The number of hydrogen-bond donors (Lipinski definition) is 0. The number of aromatic nitrogens is 4. The van der Waals surface area contributed by atoms with Gasteiger partial charge in [-0.05, 0) is 95.1 Å². The highest BCUT2D eigenvalue weighted by Crippen LogP contribution is 2.38. The first kappa shape index (κ1) is 30.3. The van der Waals surface area contributed by atoms with Crippen LogP contribution in [0.15, 0.2) is 119 Å². The topological polar surface area (TPSA) is 68.7 Å². The number of benzene rings is 6. The molecular weight excluding hydrogens is 682 g/mol. The molecule has 0 N–H and O–H groups in total. The molecule has 6 aromatic carbocycles. The maximum atomic E-state index is 14.2. The Morgan fingerprint density at radius 1 is 0.423 bits per heavy atom. The highest BCUT2D eigenvalue weighted by Gasteiger charge is 2.31. The number of alkyl halides is 6. The van der Waals surface area contributed by atoms with Gasteiger partial charge < -0.3 is 0 Å². The molecule has 0 saturated heterocycles. The summed E-state index contributed by atoms with van der Waals surface area (Å²) in [6.45, 7) is 0. The fourth-order valence-corrected chi connectivity index (χ4v) is 7.45. The minimum atomic E-state index is -4.47. The number of halogens is 6. The Morgan fingerprint density at radius 2 is 0.769 bits per heavy atom. The summed E-state index contributed by atoms with van der Waals surface area (Å²) >= 11 is 0. The van der Waals surface area contributed by atoms with Crippen LogP contribution in [0.25, 0.3) is 87.9 Å². The first-order valence-electron chi connectivity index (χ1n) is 16.0.